The number of carbonyl (C=O) groups is 2. The number of ketones is 1. The number of hydrogen-bond donors (Lipinski definition) is 1. The maximum Gasteiger partial charge on any atom is 0.416 e. The van der Waals surface area contributed by atoms with E-state index >= 15 is 0 Å². The molecule has 4 nitrogen and oxygen atoms in total. The molecular weight excluding hydrogens is 335 g/mol. The third-order valence-corrected chi connectivity index (χ3v) is 3.65. The van der Waals surface area contributed by atoms with Crippen molar-refractivity contribution in [2.24, 2.45) is 0 Å². The molecular formula is C18H12F3NO3. The average molecular weight is 347 g/mol. The second-order valence-corrected chi connectivity index (χ2v) is 5.33. The average Bonchev–Trinajstić information content (AvgIpc) is 3.03. The van der Waals surface area contributed by atoms with Gasteiger partial charge in [0.1, 0.15) is 0 Å². The van der Waals surface area contributed by atoms with E-state index in [4.69, 9.17) is 4.74 Å². The summed E-state index contributed by atoms with van der Waals surface area (Å²) in [4.78, 5) is 27.0. The molecule has 7 heteroatoms. The predicted octanol–water partition coefficient (Wildman–Crippen LogP) is 4.23. The quantitative estimate of drug-likeness (QED) is 0.568. The minimum absolute atomic E-state index is 0.262. The van der Waals surface area contributed by atoms with E-state index in [-0.39, 0.29) is 5.56 Å². The van der Waals surface area contributed by atoms with E-state index in [1.165, 1.54) is 12.3 Å². The van der Waals surface area contributed by atoms with Crippen LogP contribution in [0.25, 0.3) is 10.9 Å². The first-order chi connectivity index (χ1) is 11.9. The lowest BCUT2D eigenvalue weighted by molar-refractivity contribution is -0.137. The maximum atomic E-state index is 12.7. The zero-order valence-electron chi connectivity index (χ0n) is 12.8. The number of ether oxygens (including phenoxy) is 1. The number of nitrogens with one attached hydrogen (secondary N) is 1. The lowest BCUT2D eigenvalue weighted by Gasteiger charge is -2.08. The van der Waals surface area contributed by atoms with E-state index in [2.05, 4.69) is 4.98 Å². The molecule has 0 amide bonds. The number of halogens is 3. The van der Waals surface area contributed by atoms with E-state index in [9.17, 15) is 22.8 Å². The molecule has 0 spiro atoms. The standard InChI is InChI=1S/C18H12F3NO3/c19-18(20,21)12-5-3-4-11(8-12)17(24)25-10-16(23)14-9-22-15-7-2-1-6-13(14)15/h1-9,22H,10H2. The highest BCUT2D eigenvalue weighted by Crippen LogP contribution is 2.29. The molecule has 3 aromatic rings. The molecule has 0 fully saturated rings. The van der Waals surface area contributed by atoms with Crippen LogP contribution in [0.2, 0.25) is 0 Å². The zero-order chi connectivity index (χ0) is 18.0. The summed E-state index contributed by atoms with van der Waals surface area (Å²) in [5.41, 5.74) is -0.103. The topological polar surface area (TPSA) is 59.2 Å². The number of Topliss-reactive ketones (excluding diaryl/α,β-unsaturated/α-hetero) is 1. The van der Waals surface area contributed by atoms with Crippen LogP contribution in [0, 0.1) is 0 Å². The van der Waals surface area contributed by atoms with Crippen LogP contribution < -0.4 is 0 Å². The smallest absolute Gasteiger partial charge is 0.416 e. The SMILES string of the molecule is O=C(OCC(=O)c1c[nH]c2ccccc12)c1cccc(C(F)(F)F)c1. The van der Waals surface area contributed by atoms with E-state index in [0.717, 1.165) is 17.6 Å². The lowest BCUT2D eigenvalue weighted by atomic mass is 10.1. The second kappa shape index (κ2) is 6.43. The van der Waals surface area contributed by atoms with Crippen molar-refractivity contribution in [3.05, 3.63) is 71.4 Å². The molecule has 0 bridgehead atoms. The molecule has 1 N–H and O–H groups in total. The molecule has 1 aromatic heterocycles. The number of esters is 1. The molecule has 3 rings (SSSR count). The second-order valence-electron chi connectivity index (χ2n) is 5.33. The van der Waals surface area contributed by atoms with Gasteiger partial charge in [-0.1, -0.05) is 24.3 Å². The highest BCUT2D eigenvalue weighted by Gasteiger charge is 2.31. The molecule has 2 aromatic carbocycles. The monoisotopic (exact) mass is 347 g/mol. The van der Waals surface area contributed by atoms with Crippen molar-refractivity contribution < 1.29 is 27.5 Å². The molecule has 0 radical (unpaired) electrons. The Hall–Kier alpha value is -3.09. The molecule has 0 atom stereocenters. The number of para-hydroxylation sites is 1. The number of aromatic amines is 1. The van der Waals surface area contributed by atoms with Gasteiger partial charge in [0.15, 0.2) is 6.61 Å². The third kappa shape index (κ3) is 3.55. The number of carbonyl (C=O) groups excluding carboxylic acids is 2. The zero-order valence-corrected chi connectivity index (χ0v) is 12.8. The van der Waals surface area contributed by atoms with Crippen LogP contribution >= 0.6 is 0 Å². The van der Waals surface area contributed by atoms with Gasteiger partial charge in [0.25, 0.3) is 0 Å². The summed E-state index contributed by atoms with van der Waals surface area (Å²) >= 11 is 0. The Morgan fingerprint density at radius 1 is 1.04 bits per heavy atom. The minimum Gasteiger partial charge on any atom is -0.454 e. The fourth-order valence-electron chi connectivity index (χ4n) is 2.42. The van der Waals surface area contributed by atoms with Crippen LogP contribution in [0.1, 0.15) is 26.3 Å². The largest absolute Gasteiger partial charge is 0.454 e. The first-order valence-electron chi connectivity index (χ1n) is 7.30. The highest BCUT2D eigenvalue weighted by molar-refractivity contribution is 6.09. The molecule has 1 heterocycles. The molecule has 0 aliphatic rings. The molecule has 0 unspecified atom stereocenters. The summed E-state index contributed by atoms with van der Waals surface area (Å²) in [6.45, 7) is -0.559. The Balaban J connectivity index is 1.71. The number of benzene rings is 2. The van der Waals surface area contributed by atoms with Crippen molar-refractivity contribution in [3.8, 4) is 0 Å². The van der Waals surface area contributed by atoms with E-state index in [1.54, 1.807) is 24.3 Å². The van der Waals surface area contributed by atoms with Crippen LogP contribution in [-0.4, -0.2) is 23.3 Å². The first-order valence-corrected chi connectivity index (χ1v) is 7.30. The fraction of sp³-hybridized carbons (Fsp3) is 0.111. The Morgan fingerprint density at radius 3 is 2.56 bits per heavy atom. The summed E-state index contributed by atoms with van der Waals surface area (Å²) < 4.78 is 42.9. The lowest BCUT2D eigenvalue weighted by Crippen LogP contribution is -2.15. The van der Waals surface area contributed by atoms with Gasteiger partial charge in [-0.25, -0.2) is 4.79 Å². The maximum absolute atomic E-state index is 12.7. The molecule has 0 saturated carbocycles. The number of rotatable bonds is 4. The van der Waals surface area contributed by atoms with E-state index in [1.807, 2.05) is 0 Å². The van der Waals surface area contributed by atoms with Gasteiger partial charge in [0.2, 0.25) is 5.78 Å². The third-order valence-electron chi connectivity index (χ3n) is 3.65. The van der Waals surface area contributed by atoms with Crippen LogP contribution in [0.15, 0.2) is 54.7 Å². The van der Waals surface area contributed by atoms with Crippen LogP contribution in [0.4, 0.5) is 13.2 Å². The van der Waals surface area contributed by atoms with Gasteiger partial charge in [0.05, 0.1) is 11.1 Å². The number of aromatic nitrogens is 1. The van der Waals surface area contributed by atoms with Crippen LogP contribution in [-0.2, 0) is 10.9 Å². The minimum atomic E-state index is -4.56. The van der Waals surface area contributed by atoms with Crippen LogP contribution in [0.3, 0.4) is 0 Å². The van der Waals surface area contributed by atoms with Gasteiger partial charge >= 0.3 is 12.1 Å². The molecule has 0 saturated heterocycles. The van der Waals surface area contributed by atoms with Gasteiger partial charge in [-0.15, -0.1) is 0 Å². The summed E-state index contributed by atoms with van der Waals surface area (Å²) in [6, 6.07) is 11.0. The summed E-state index contributed by atoms with van der Waals surface area (Å²) in [6.07, 6.45) is -3.05. The van der Waals surface area contributed by atoms with Gasteiger partial charge in [-0.05, 0) is 24.3 Å². The summed E-state index contributed by atoms with van der Waals surface area (Å²) in [5.74, 6) is -1.43. The van der Waals surface area contributed by atoms with Gasteiger partial charge in [0, 0.05) is 22.7 Å². The van der Waals surface area contributed by atoms with Gasteiger partial charge in [-0.3, -0.25) is 4.79 Å². The van der Waals surface area contributed by atoms with E-state index in [0.29, 0.717) is 17.0 Å². The van der Waals surface area contributed by atoms with Crippen molar-refractivity contribution >= 4 is 22.7 Å². The molecule has 0 aliphatic carbocycles. The normalized spacial score (nSPS) is 11.5. The predicted molar refractivity (Wildman–Crippen MR) is 84.4 cm³/mol. The Bertz CT molecular complexity index is 944. The first kappa shape index (κ1) is 16.8. The number of alkyl halides is 3. The van der Waals surface area contributed by atoms with Crippen LogP contribution in [0.5, 0.6) is 0 Å². The van der Waals surface area contributed by atoms with Gasteiger partial charge in [-0.2, -0.15) is 13.2 Å². The van der Waals surface area contributed by atoms with Crippen molar-refractivity contribution in [2.75, 3.05) is 6.61 Å². The molecule has 128 valence electrons. The Kier molecular flexibility index (Phi) is 4.31. The number of H-pyrrole nitrogens is 1. The Morgan fingerprint density at radius 2 is 1.80 bits per heavy atom. The van der Waals surface area contributed by atoms with Crippen molar-refractivity contribution in [2.45, 2.75) is 6.18 Å². The van der Waals surface area contributed by atoms with Gasteiger partial charge < -0.3 is 9.72 Å². The van der Waals surface area contributed by atoms with Crippen molar-refractivity contribution in [1.29, 1.82) is 0 Å². The van der Waals surface area contributed by atoms with Crippen molar-refractivity contribution in [3.63, 3.8) is 0 Å². The van der Waals surface area contributed by atoms with E-state index < -0.39 is 30.1 Å². The summed E-state index contributed by atoms with van der Waals surface area (Å²) in [5, 5.41) is 0.683. The number of hydrogen-bond acceptors (Lipinski definition) is 3. The summed E-state index contributed by atoms with van der Waals surface area (Å²) in [7, 11) is 0. The van der Waals surface area contributed by atoms with Crippen molar-refractivity contribution in [1.82, 2.24) is 4.98 Å². The highest BCUT2D eigenvalue weighted by atomic mass is 19.4. The fourth-order valence-corrected chi connectivity index (χ4v) is 2.42. The molecule has 0 aliphatic heterocycles. The molecule has 25 heavy (non-hydrogen) atoms. The number of fused-ring (bicyclic) bond motifs is 1. The Labute approximate surface area is 140 Å².